The third-order valence-corrected chi connectivity index (χ3v) is 2.19. The number of phenolic OH excluding ortho intramolecular Hbond substituents is 1. The molecule has 1 aromatic carbocycles. The van der Waals surface area contributed by atoms with Gasteiger partial charge < -0.3 is 5.11 Å². The molecule has 0 aromatic heterocycles. The van der Waals surface area contributed by atoms with Gasteiger partial charge in [-0.1, -0.05) is 25.1 Å². The third-order valence-electron chi connectivity index (χ3n) is 2.19. The highest BCUT2D eigenvalue weighted by Gasteiger charge is 2.06. The van der Waals surface area contributed by atoms with E-state index in [9.17, 15) is 5.11 Å². The average molecular weight is 162 g/mol. The largest absolute Gasteiger partial charge is 0.508 e. The van der Waals surface area contributed by atoms with Crippen molar-refractivity contribution >= 4 is 0 Å². The summed E-state index contributed by atoms with van der Waals surface area (Å²) in [5, 5.41) is 9.41. The fourth-order valence-electron chi connectivity index (χ4n) is 1.26. The first-order valence-electron chi connectivity index (χ1n) is 4.08. The summed E-state index contributed by atoms with van der Waals surface area (Å²) in [6, 6.07) is 5.58. The normalized spacial score (nSPS) is 12.5. The van der Waals surface area contributed by atoms with E-state index in [2.05, 4.69) is 13.5 Å². The van der Waals surface area contributed by atoms with Crippen molar-refractivity contribution in [2.45, 2.75) is 19.8 Å². The topological polar surface area (TPSA) is 20.2 Å². The lowest BCUT2D eigenvalue weighted by Crippen LogP contribution is -1.92. The summed E-state index contributed by atoms with van der Waals surface area (Å²) < 4.78 is 0. The molecule has 0 aliphatic heterocycles. The Balaban J connectivity index is 3.15. The van der Waals surface area contributed by atoms with Crippen LogP contribution in [0.1, 0.15) is 24.0 Å². The number of hydrogen-bond acceptors (Lipinski definition) is 1. The average Bonchev–Trinajstić information content (AvgIpc) is 2.08. The molecule has 1 rings (SSSR count). The second-order valence-corrected chi connectivity index (χ2v) is 3.02. The number of phenols is 1. The van der Waals surface area contributed by atoms with Gasteiger partial charge in [0.2, 0.25) is 0 Å². The molecule has 0 bridgehead atoms. The van der Waals surface area contributed by atoms with Crippen molar-refractivity contribution in [1.82, 2.24) is 0 Å². The van der Waals surface area contributed by atoms with Crippen LogP contribution in [-0.4, -0.2) is 5.11 Å². The molecule has 0 fully saturated rings. The number of rotatable bonds is 2. The molecule has 1 aromatic rings. The Morgan fingerprint density at radius 2 is 2.17 bits per heavy atom. The molecule has 0 amide bonds. The lowest BCUT2D eigenvalue weighted by atomic mass is 9.96. The Labute approximate surface area is 73.4 Å². The summed E-state index contributed by atoms with van der Waals surface area (Å²) in [6.07, 6.45) is 1.88. The van der Waals surface area contributed by atoms with Crippen molar-refractivity contribution in [2.75, 3.05) is 0 Å². The summed E-state index contributed by atoms with van der Waals surface area (Å²) in [4.78, 5) is 0. The lowest BCUT2D eigenvalue weighted by molar-refractivity contribution is 0.470. The summed E-state index contributed by atoms with van der Waals surface area (Å²) in [5.41, 5.74) is 2.09. The molecule has 1 atom stereocenters. The second kappa shape index (κ2) is 3.44. The highest BCUT2D eigenvalue weighted by molar-refractivity contribution is 5.40. The standard InChI is InChI=1S/C11H14O/c1-4-8(2)10-6-5-7-11(12)9(10)3/h4-8,12H,1H2,2-3H3. The first kappa shape index (κ1) is 8.85. The minimum absolute atomic E-state index is 0.303. The van der Waals surface area contributed by atoms with Gasteiger partial charge in [-0.2, -0.15) is 0 Å². The van der Waals surface area contributed by atoms with Crippen molar-refractivity contribution in [3.8, 4) is 5.75 Å². The van der Waals surface area contributed by atoms with E-state index in [0.29, 0.717) is 11.7 Å². The number of benzene rings is 1. The van der Waals surface area contributed by atoms with Crippen LogP contribution >= 0.6 is 0 Å². The van der Waals surface area contributed by atoms with Gasteiger partial charge in [0, 0.05) is 0 Å². The second-order valence-electron chi connectivity index (χ2n) is 3.02. The molecule has 0 aliphatic rings. The van der Waals surface area contributed by atoms with Gasteiger partial charge in [-0.3, -0.25) is 0 Å². The highest BCUT2D eigenvalue weighted by atomic mass is 16.3. The maximum absolute atomic E-state index is 9.41. The maximum Gasteiger partial charge on any atom is 0.118 e. The van der Waals surface area contributed by atoms with Gasteiger partial charge in [-0.25, -0.2) is 0 Å². The van der Waals surface area contributed by atoms with E-state index in [1.54, 1.807) is 6.07 Å². The van der Waals surface area contributed by atoms with Gasteiger partial charge in [0.25, 0.3) is 0 Å². The van der Waals surface area contributed by atoms with E-state index in [4.69, 9.17) is 0 Å². The van der Waals surface area contributed by atoms with Gasteiger partial charge >= 0.3 is 0 Å². The number of hydrogen-bond donors (Lipinski definition) is 1. The van der Waals surface area contributed by atoms with Crippen LogP contribution in [0.4, 0.5) is 0 Å². The van der Waals surface area contributed by atoms with Crippen LogP contribution in [-0.2, 0) is 0 Å². The van der Waals surface area contributed by atoms with Crippen molar-refractivity contribution in [3.05, 3.63) is 42.0 Å². The molecule has 0 aliphatic carbocycles. The molecule has 0 heterocycles. The molecular formula is C11H14O. The smallest absolute Gasteiger partial charge is 0.118 e. The van der Waals surface area contributed by atoms with Gasteiger partial charge in [-0.05, 0) is 30.0 Å². The highest BCUT2D eigenvalue weighted by Crippen LogP contribution is 2.26. The monoisotopic (exact) mass is 162 g/mol. The Morgan fingerprint density at radius 3 is 2.75 bits per heavy atom. The first-order chi connectivity index (χ1) is 5.66. The molecule has 1 unspecified atom stereocenters. The Morgan fingerprint density at radius 1 is 1.50 bits per heavy atom. The summed E-state index contributed by atoms with van der Waals surface area (Å²) in [7, 11) is 0. The summed E-state index contributed by atoms with van der Waals surface area (Å²) in [6.45, 7) is 7.71. The molecule has 1 N–H and O–H groups in total. The van der Waals surface area contributed by atoms with Crippen LogP contribution in [0.5, 0.6) is 5.75 Å². The molecule has 1 nitrogen and oxygen atoms in total. The quantitative estimate of drug-likeness (QED) is 0.663. The molecule has 12 heavy (non-hydrogen) atoms. The van der Waals surface area contributed by atoms with E-state index in [0.717, 1.165) is 11.1 Å². The third kappa shape index (κ3) is 1.50. The summed E-state index contributed by atoms with van der Waals surface area (Å²) in [5.74, 6) is 0.665. The van der Waals surface area contributed by atoms with Gasteiger partial charge in [0.1, 0.15) is 5.75 Å². The van der Waals surface area contributed by atoms with Gasteiger partial charge in [0.15, 0.2) is 0 Å². The minimum atomic E-state index is 0.303. The van der Waals surface area contributed by atoms with Gasteiger partial charge in [0.05, 0.1) is 0 Å². The van der Waals surface area contributed by atoms with E-state index in [1.165, 1.54) is 0 Å². The maximum atomic E-state index is 9.41. The fraction of sp³-hybridized carbons (Fsp3) is 0.273. The lowest BCUT2D eigenvalue weighted by Gasteiger charge is -2.10. The van der Waals surface area contributed by atoms with Crippen LogP contribution in [0.25, 0.3) is 0 Å². The van der Waals surface area contributed by atoms with Crippen LogP contribution in [0.3, 0.4) is 0 Å². The molecule has 0 saturated heterocycles. The zero-order valence-electron chi connectivity index (χ0n) is 7.54. The molecular weight excluding hydrogens is 148 g/mol. The molecule has 64 valence electrons. The zero-order valence-corrected chi connectivity index (χ0v) is 7.54. The Hall–Kier alpha value is -1.24. The predicted molar refractivity (Wildman–Crippen MR) is 51.5 cm³/mol. The van der Waals surface area contributed by atoms with Crippen LogP contribution < -0.4 is 0 Å². The van der Waals surface area contributed by atoms with Crippen LogP contribution in [0, 0.1) is 6.92 Å². The molecule has 0 radical (unpaired) electrons. The Bertz CT molecular complexity index is 289. The number of allylic oxidation sites excluding steroid dienone is 1. The van der Waals surface area contributed by atoms with E-state index >= 15 is 0 Å². The first-order valence-corrected chi connectivity index (χ1v) is 4.08. The van der Waals surface area contributed by atoms with Gasteiger partial charge in [-0.15, -0.1) is 6.58 Å². The van der Waals surface area contributed by atoms with Crippen LogP contribution in [0.15, 0.2) is 30.9 Å². The molecule has 0 spiro atoms. The fourth-order valence-corrected chi connectivity index (χ4v) is 1.26. The van der Waals surface area contributed by atoms with Crippen molar-refractivity contribution < 1.29 is 5.11 Å². The predicted octanol–water partition coefficient (Wildman–Crippen LogP) is 2.99. The zero-order chi connectivity index (χ0) is 9.14. The molecule has 0 saturated carbocycles. The minimum Gasteiger partial charge on any atom is -0.508 e. The van der Waals surface area contributed by atoms with Crippen molar-refractivity contribution in [2.24, 2.45) is 0 Å². The Kier molecular flexibility index (Phi) is 2.54. The van der Waals surface area contributed by atoms with Crippen molar-refractivity contribution in [1.29, 1.82) is 0 Å². The van der Waals surface area contributed by atoms with Crippen molar-refractivity contribution in [3.63, 3.8) is 0 Å². The number of aromatic hydroxyl groups is 1. The van der Waals surface area contributed by atoms with E-state index < -0.39 is 0 Å². The molecule has 1 heteroatoms. The van der Waals surface area contributed by atoms with E-state index in [-0.39, 0.29) is 0 Å². The van der Waals surface area contributed by atoms with E-state index in [1.807, 2.05) is 25.1 Å². The SMILES string of the molecule is C=CC(C)c1cccc(O)c1C. The summed E-state index contributed by atoms with van der Waals surface area (Å²) >= 11 is 0. The van der Waals surface area contributed by atoms with Crippen LogP contribution in [0.2, 0.25) is 0 Å².